The minimum atomic E-state index is -3.56. The first-order valence-electron chi connectivity index (χ1n) is 10.5. The van der Waals surface area contributed by atoms with Crippen molar-refractivity contribution in [3.8, 4) is 10.8 Å². The van der Waals surface area contributed by atoms with Crippen molar-refractivity contribution in [2.75, 3.05) is 26.2 Å². The molecule has 0 bridgehead atoms. The molecule has 2 aromatic carbocycles. The molecule has 1 fully saturated rings. The third-order valence-electron chi connectivity index (χ3n) is 5.44. The van der Waals surface area contributed by atoms with Crippen LogP contribution in [0.4, 0.5) is 0 Å². The topological polar surface area (TPSA) is 83.7 Å². The van der Waals surface area contributed by atoms with E-state index in [0.29, 0.717) is 18.8 Å². The van der Waals surface area contributed by atoms with Gasteiger partial charge >= 0.3 is 0 Å². The lowest BCUT2D eigenvalue weighted by Crippen LogP contribution is -2.50. The largest absolute Gasteiger partial charge is 0.448 e. The van der Waals surface area contributed by atoms with Gasteiger partial charge in [0.05, 0.1) is 10.2 Å². The summed E-state index contributed by atoms with van der Waals surface area (Å²) in [6.07, 6.45) is 1.58. The lowest BCUT2D eigenvalue weighted by atomic mass is 10.2. The lowest BCUT2D eigenvalue weighted by Gasteiger charge is -2.32. The summed E-state index contributed by atoms with van der Waals surface area (Å²) in [4.78, 5) is 19.1. The molecule has 1 aliphatic heterocycles. The van der Waals surface area contributed by atoms with E-state index in [4.69, 9.17) is 4.42 Å². The number of fused-ring (bicyclic) bond motifs is 1. The number of carbonyl (C=O) groups is 1. The molecule has 33 heavy (non-hydrogen) atoms. The number of nitrogens with zero attached hydrogens (tertiary/aromatic N) is 3. The molecule has 0 N–H and O–H groups in total. The second-order valence-corrected chi connectivity index (χ2v) is 10.4. The summed E-state index contributed by atoms with van der Waals surface area (Å²) in [6, 6.07) is 20.5. The molecule has 5 rings (SSSR count). The molecule has 2 aromatic heterocycles. The fourth-order valence-electron chi connectivity index (χ4n) is 3.66. The van der Waals surface area contributed by atoms with E-state index in [2.05, 4.69) is 4.98 Å². The maximum absolute atomic E-state index is 12.9. The number of para-hydroxylation sites is 1. The second-order valence-electron chi connectivity index (χ2n) is 7.60. The standard InChI is InChI=1S/C24H21N3O4S2/c28-24(21-11-10-20(31-21)23-25-19-8-4-5-9-22(19)32-23)26-13-15-27(16-14-26)33(29,30)17-12-18-6-2-1-3-7-18/h1-12,17H,13-16H2/b17-12+. The van der Waals surface area contributed by atoms with Crippen LogP contribution in [0.1, 0.15) is 16.1 Å². The Morgan fingerprint density at radius 1 is 0.939 bits per heavy atom. The monoisotopic (exact) mass is 479 g/mol. The first-order chi connectivity index (χ1) is 16.0. The Bertz CT molecular complexity index is 1380. The zero-order chi connectivity index (χ0) is 22.8. The quantitative estimate of drug-likeness (QED) is 0.426. The molecule has 0 aliphatic carbocycles. The van der Waals surface area contributed by atoms with E-state index in [0.717, 1.165) is 20.8 Å². The van der Waals surface area contributed by atoms with E-state index in [1.807, 2.05) is 54.6 Å². The molecular formula is C24H21N3O4S2. The number of hydrogen-bond acceptors (Lipinski definition) is 6. The molecule has 1 amide bonds. The second kappa shape index (κ2) is 8.93. The van der Waals surface area contributed by atoms with E-state index in [-0.39, 0.29) is 24.8 Å². The molecule has 0 atom stereocenters. The van der Waals surface area contributed by atoms with E-state index in [1.54, 1.807) is 23.1 Å². The summed E-state index contributed by atoms with van der Waals surface area (Å²) < 4.78 is 33.6. The fraction of sp³-hybridized carbons (Fsp3) is 0.167. The first-order valence-corrected chi connectivity index (χ1v) is 12.8. The molecule has 9 heteroatoms. The van der Waals surface area contributed by atoms with Gasteiger partial charge in [-0.2, -0.15) is 4.31 Å². The van der Waals surface area contributed by atoms with Crippen molar-refractivity contribution in [2.24, 2.45) is 0 Å². The minimum absolute atomic E-state index is 0.226. The Morgan fingerprint density at radius 3 is 2.42 bits per heavy atom. The zero-order valence-electron chi connectivity index (χ0n) is 17.6. The van der Waals surface area contributed by atoms with Crippen molar-refractivity contribution in [1.82, 2.24) is 14.2 Å². The Kier molecular flexibility index (Phi) is 5.84. The van der Waals surface area contributed by atoms with Crippen molar-refractivity contribution >= 4 is 43.6 Å². The number of rotatable bonds is 5. The van der Waals surface area contributed by atoms with Crippen molar-refractivity contribution in [2.45, 2.75) is 0 Å². The predicted molar refractivity (Wildman–Crippen MR) is 129 cm³/mol. The Balaban J connectivity index is 1.23. The third kappa shape index (κ3) is 4.61. The smallest absolute Gasteiger partial charge is 0.289 e. The van der Waals surface area contributed by atoms with Crippen molar-refractivity contribution in [3.63, 3.8) is 0 Å². The number of benzene rings is 2. The lowest BCUT2D eigenvalue weighted by molar-refractivity contribution is 0.0667. The first kappa shape index (κ1) is 21.6. The number of hydrogen-bond donors (Lipinski definition) is 0. The SMILES string of the molecule is O=C(c1ccc(-c2nc3ccccc3s2)o1)N1CCN(S(=O)(=O)/C=C/c2ccccc2)CC1. The molecule has 4 aromatic rings. The highest BCUT2D eigenvalue weighted by Crippen LogP contribution is 2.31. The summed E-state index contributed by atoms with van der Waals surface area (Å²) >= 11 is 1.51. The third-order valence-corrected chi connectivity index (χ3v) is 8.06. The molecule has 168 valence electrons. The summed E-state index contributed by atoms with van der Waals surface area (Å²) in [5.41, 5.74) is 1.71. The Hall–Kier alpha value is -3.27. The van der Waals surface area contributed by atoms with E-state index >= 15 is 0 Å². The molecule has 0 radical (unpaired) electrons. The molecule has 3 heterocycles. The van der Waals surface area contributed by atoms with Gasteiger partial charge in [-0.05, 0) is 35.9 Å². The number of sulfonamides is 1. The van der Waals surface area contributed by atoms with Crippen molar-refractivity contribution in [1.29, 1.82) is 0 Å². The summed E-state index contributed by atoms with van der Waals surface area (Å²) in [6.45, 7) is 1.07. The van der Waals surface area contributed by atoms with Crippen molar-refractivity contribution < 1.29 is 17.6 Å². The molecule has 0 unspecified atom stereocenters. The average Bonchev–Trinajstić information content (AvgIpc) is 3.50. The van der Waals surface area contributed by atoms with E-state index in [9.17, 15) is 13.2 Å². The van der Waals surface area contributed by atoms with Crippen LogP contribution in [0.25, 0.3) is 27.1 Å². The van der Waals surface area contributed by atoms with Gasteiger partial charge in [0.1, 0.15) is 0 Å². The maximum Gasteiger partial charge on any atom is 0.289 e. The predicted octanol–water partition coefficient (Wildman–Crippen LogP) is 4.31. The van der Waals surface area contributed by atoms with Crippen LogP contribution >= 0.6 is 11.3 Å². The molecule has 0 saturated carbocycles. The normalized spacial score (nSPS) is 15.5. The van der Waals surface area contributed by atoms with Gasteiger partial charge in [-0.25, -0.2) is 13.4 Å². The van der Waals surface area contributed by atoms with Crippen LogP contribution in [0.2, 0.25) is 0 Å². The van der Waals surface area contributed by atoms with Crippen molar-refractivity contribution in [3.05, 3.63) is 83.5 Å². The van der Waals surface area contributed by atoms with Gasteiger partial charge in [0.15, 0.2) is 16.5 Å². The van der Waals surface area contributed by atoms with Gasteiger partial charge in [0.25, 0.3) is 5.91 Å². The molecule has 1 saturated heterocycles. The molecule has 1 aliphatic rings. The average molecular weight is 480 g/mol. The number of carbonyl (C=O) groups excluding carboxylic acids is 1. The zero-order valence-corrected chi connectivity index (χ0v) is 19.3. The van der Waals surface area contributed by atoms with Gasteiger partial charge in [-0.3, -0.25) is 4.79 Å². The van der Waals surface area contributed by atoms with Crippen LogP contribution in [0.5, 0.6) is 0 Å². The number of furan rings is 1. The fourth-order valence-corrected chi connectivity index (χ4v) is 5.76. The van der Waals surface area contributed by atoms with Gasteiger partial charge in [0.2, 0.25) is 10.0 Å². The number of aromatic nitrogens is 1. The molecular weight excluding hydrogens is 458 g/mol. The van der Waals surface area contributed by atoms with E-state index in [1.165, 1.54) is 21.1 Å². The van der Waals surface area contributed by atoms with Crippen LogP contribution in [-0.2, 0) is 10.0 Å². The molecule has 0 spiro atoms. The number of amides is 1. The molecule has 7 nitrogen and oxygen atoms in total. The number of thiazole rings is 1. The van der Waals surface area contributed by atoms with Gasteiger partial charge in [-0.1, -0.05) is 42.5 Å². The van der Waals surface area contributed by atoms with Crippen LogP contribution in [-0.4, -0.2) is 54.7 Å². The van der Waals surface area contributed by atoms with Crippen LogP contribution in [0.15, 0.2) is 76.6 Å². The van der Waals surface area contributed by atoms with Gasteiger partial charge in [0, 0.05) is 31.6 Å². The van der Waals surface area contributed by atoms with Gasteiger partial charge in [-0.15, -0.1) is 11.3 Å². The minimum Gasteiger partial charge on any atom is -0.448 e. The Labute approximate surface area is 195 Å². The number of piperazine rings is 1. The highest BCUT2D eigenvalue weighted by molar-refractivity contribution is 7.92. The summed E-state index contributed by atoms with van der Waals surface area (Å²) in [5, 5.41) is 1.94. The van der Waals surface area contributed by atoms with Crippen LogP contribution in [0.3, 0.4) is 0 Å². The highest BCUT2D eigenvalue weighted by atomic mass is 32.2. The van der Waals surface area contributed by atoms with E-state index < -0.39 is 10.0 Å². The summed E-state index contributed by atoms with van der Waals surface area (Å²) in [7, 11) is -3.56. The Morgan fingerprint density at radius 2 is 1.67 bits per heavy atom. The highest BCUT2D eigenvalue weighted by Gasteiger charge is 2.29. The maximum atomic E-state index is 12.9. The summed E-state index contributed by atoms with van der Waals surface area (Å²) in [5.74, 6) is 0.524. The van der Waals surface area contributed by atoms with Crippen LogP contribution in [0, 0.1) is 0 Å². The van der Waals surface area contributed by atoms with Crippen LogP contribution < -0.4 is 0 Å². The van der Waals surface area contributed by atoms with Gasteiger partial charge < -0.3 is 9.32 Å².